The summed E-state index contributed by atoms with van der Waals surface area (Å²) in [6.07, 6.45) is -0.198. The third-order valence-corrected chi connectivity index (χ3v) is 3.18. The highest BCUT2D eigenvalue weighted by Crippen LogP contribution is 2.25. The number of hydrogen-bond acceptors (Lipinski definition) is 3. The number of rotatable bonds is 4. The molecule has 0 aliphatic heterocycles. The molecule has 0 heterocycles. The Morgan fingerprint density at radius 3 is 2.65 bits per heavy atom. The molecule has 0 aliphatic carbocycles. The summed E-state index contributed by atoms with van der Waals surface area (Å²) < 4.78 is 0.721. The van der Waals surface area contributed by atoms with E-state index in [1.807, 2.05) is 0 Å². The van der Waals surface area contributed by atoms with E-state index in [1.54, 1.807) is 18.2 Å². The van der Waals surface area contributed by atoms with Gasteiger partial charge in [-0.05, 0) is 34.1 Å². The summed E-state index contributed by atoms with van der Waals surface area (Å²) in [5.74, 6) is -1.11. The summed E-state index contributed by atoms with van der Waals surface area (Å²) in [4.78, 5) is 22.1. The van der Waals surface area contributed by atoms with Gasteiger partial charge in [0.05, 0.1) is 17.5 Å². The van der Waals surface area contributed by atoms with E-state index in [0.717, 1.165) is 4.47 Å². The average molecular weight is 321 g/mol. The second-order valence-corrected chi connectivity index (χ2v) is 4.66. The maximum Gasteiger partial charge on any atom is 0.241 e. The molecule has 17 heavy (non-hydrogen) atoms. The van der Waals surface area contributed by atoms with Gasteiger partial charge in [0.15, 0.2) is 0 Å². The fourth-order valence-corrected chi connectivity index (χ4v) is 1.55. The van der Waals surface area contributed by atoms with Gasteiger partial charge in [-0.25, -0.2) is 0 Å². The van der Waals surface area contributed by atoms with Crippen molar-refractivity contribution in [2.75, 3.05) is 5.32 Å². The predicted octanol–water partition coefficient (Wildman–Crippen LogP) is 1.24. The Kier molecular flexibility index (Phi) is 4.92. The van der Waals surface area contributed by atoms with Crippen molar-refractivity contribution < 1.29 is 9.59 Å². The molecule has 0 bridgehead atoms. The molecule has 1 unspecified atom stereocenters. The SMILES string of the molecule is NC(=O)CC(N)C(=O)Nc1ccc(Br)c(Cl)c1. The number of nitrogens with one attached hydrogen (secondary N) is 1. The number of benzene rings is 1. The van der Waals surface area contributed by atoms with E-state index < -0.39 is 17.9 Å². The van der Waals surface area contributed by atoms with Crippen molar-refractivity contribution in [2.45, 2.75) is 12.5 Å². The largest absolute Gasteiger partial charge is 0.370 e. The zero-order valence-corrected chi connectivity index (χ0v) is 11.1. The Bertz CT molecular complexity index is 453. The molecule has 0 saturated carbocycles. The monoisotopic (exact) mass is 319 g/mol. The first-order chi connectivity index (χ1) is 7.90. The van der Waals surface area contributed by atoms with Crippen LogP contribution in [-0.4, -0.2) is 17.9 Å². The lowest BCUT2D eigenvalue weighted by Crippen LogP contribution is -2.38. The Labute approximate surface area is 112 Å². The molecule has 0 saturated heterocycles. The summed E-state index contributed by atoms with van der Waals surface area (Å²) in [5.41, 5.74) is 10.9. The fourth-order valence-electron chi connectivity index (χ4n) is 1.12. The third kappa shape index (κ3) is 4.33. The molecule has 1 atom stereocenters. The number of hydrogen-bond donors (Lipinski definition) is 3. The summed E-state index contributed by atoms with van der Waals surface area (Å²) >= 11 is 9.08. The van der Waals surface area contributed by atoms with E-state index >= 15 is 0 Å². The third-order valence-electron chi connectivity index (χ3n) is 1.95. The lowest BCUT2D eigenvalue weighted by Gasteiger charge is -2.11. The number of primary amides is 1. The molecule has 5 N–H and O–H groups in total. The molecule has 0 fully saturated rings. The van der Waals surface area contributed by atoms with Gasteiger partial charge in [-0.15, -0.1) is 0 Å². The summed E-state index contributed by atoms with van der Waals surface area (Å²) in [6, 6.07) is 3.96. The number of amides is 2. The lowest BCUT2D eigenvalue weighted by molar-refractivity contribution is -0.123. The molecule has 0 spiro atoms. The maximum atomic E-state index is 11.5. The van der Waals surface area contributed by atoms with Crippen LogP contribution in [-0.2, 0) is 9.59 Å². The topological polar surface area (TPSA) is 98.2 Å². The molecule has 0 radical (unpaired) electrons. The van der Waals surface area contributed by atoms with Crippen LogP contribution < -0.4 is 16.8 Å². The maximum absolute atomic E-state index is 11.5. The second-order valence-electron chi connectivity index (χ2n) is 3.40. The van der Waals surface area contributed by atoms with Crippen molar-refractivity contribution in [3.8, 4) is 0 Å². The first-order valence-corrected chi connectivity index (χ1v) is 5.87. The minimum absolute atomic E-state index is 0.198. The predicted molar refractivity (Wildman–Crippen MR) is 69.6 cm³/mol. The first-order valence-electron chi connectivity index (χ1n) is 4.70. The lowest BCUT2D eigenvalue weighted by atomic mass is 10.2. The van der Waals surface area contributed by atoms with Gasteiger partial charge in [0, 0.05) is 10.2 Å². The minimum atomic E-state index is -0.963. The Balaban J connectivity index is 2.67. The standard InChI is InChI=1S/C10H11BrClN3O2/c11-6-2-1-5(3-7(6)12)15-10(17)8(13)4-9(14)16/h1-3,8H,4,13H2,(H2,14,16)(H,15,17). The van der Waals surface area contributed by atoms with E-state index in [-0.39, 0.29) is 6.42 Å². The molecule has 5 nitrogen and oxygen atoms in total. The van der Waals surface area contributed by atoms with E-state index in [2.05, 4.69) is 21.2 Å². The number of anilines is 1. The van der Waals surface area contributed by atoms with Crippen LogP contribution in [0.25, 0.3) is 0 Å². The van der Waals surface area contributed by atoms with Crippen molar-refractivity contribution in [2.24, 2.45) is 11.5 Å². The van der Waals surface area contributed by atoms with Crippen LogP contribution in [0.5, 0.6) is 0 Å². The van der Waals surface area contributed by atoms with E-state index in [9.17, 15) is 9.59 Å². The molecule has 7 heteroatoms. The van der Waals surface area contributed by atoms with E-state index in [4.69, 9.17) is 23.1 Å². The fraction of sp³-hybridized carbons (Fsp3) is 0.200. The Morgan fingerprint density at radius 1 is 1.47 bits per heavy atom. The van der Waals surface area contributed by atoms with Crippen LogP contribution in [0.3, 0.4) is 0 Å². The zero-order chi connectivity index (χ0) is 13.0. The highest BCUT2D eigenvalue weighted by molar-refractivity contribution is 9.10. The van der Waals surface area contributed by atoms with Crippen molar-refractivity contribution in [1.29, 1.82) is 0 Å². The van der Waals surface area contributed by atoms with Crippen LogP contribution in [0.2, 0.25) is 5.02 Å². The minimum Gasteiger partial charge on any atom is -0.370 e. The normalized spacial score (nSPS) is 11.9. The number of halogens is 2. The van der Waals surface area contributed by atoms with Gasteiger partial charge >= 0.3 is 0 Å². The van der Waals surface area contributed by atoms with Crippen LogP contribution in [0.4, 0.5) is 5.69 Å². The number of carbonyl (C=O) groups excluding carboxylic acids is 2. The molecule has 0 aliphatic rings. The van der Waals surface area contributed by atoms with Crippen LogP contribution in [0.15, 0.2) is 22.7 Å². The summed E-state index contributed by atoms with van der Waals surface area (Å²) in [6.45, 7) is 0. The average Bonchev–Trinajstić information content (AvgIpc) is 2.22. The van der Waals surface area contributed by atoms with Gasteiger partial charge in [-0.3, -0.25) is 9.59 Å². The van der Waals surface area contributed by atoms with Crippen LogP contribution >= 0.6 is 27.5 Å². The molecule has 0 aromatic heterocycles. The number of nitrogens with two attached hydrogens (primary N) is 2. The molecule has 1 aromatic carbocycles. The smallest absolute Gasteiger partial charge is 0.241 e. The van der Waals surface area contributed by atoms with Gasteiger partial charge in [-0.2, -0.15) is 0 Å². The van der Waals surface area contributed by atoms with Gasteiger partial charge < -0.3 is 16.8 Å². The molecular formula is C10H11BrClN3O2. The summed E-state index contributed by atoms with van der Waals surface area (Å²) in [7, 11) is 0. The van der Waals surface area contributed by atoms with Gasteiger partial charge in [-0.1, -0.05) is 11.6 Å². The summed E-state index contributed by atoms with van der Waals surface area (Å²) in [5, 5.41) is 3.00. The van der Waals surface area contributed by atoms with E-state index in [0.29, 0.717) is 10.7 Å². The van der Waals surface area contributed by atoms with Crippen molar-refractivity contribution in [1.82, 2.24) is 0 Å². The van der Waals surface area contributed by atoms with Gasteiger partial charge in [0.2, 0.25) is 11.8 Å². The zero-order valence-electron chi connectivity index (χ0n) is 8.74. The van der Waals surface area contributed by atoms with Gasteiger partial charge in [0.1, 0.15) is 0 Å². The Hall–Kier alpha value is -1.11. The van der Waals surface area contributed by atoms with Crippen molar-refractivity contribution in [3.05, 3.63) is 27.7 Å². The molecule has 1 rings (SSSR count). The second kappa shape index (κ2) is 6.00. The highest BCUT2D eigenvalue weighted by Gasteiger charge is 2.16. The quantitative estimate of drug-likeness (QED) is 0.778. The molecular weight excluding hydrogens is 309 g/mol. The van der Waals surface area contributed by atoms with Crippen LogP contribution in [0, 0.1) is 0 Å². The Morgan fingerprint density at radius 2 is 2.12 bits per heavy atom. The number of carbonyl (C=O) groups is 2. The van der Waals surface area contributed by atoms with E-state index in [1.165, 1.54) is 0 Å². The highest BCUT2D eigenvalue weighted by atomic mass is 79.9. The van der Waals surface area contributed by atoms with Crippen molar-refractivity contribution >= 4 is 45.0 Å². The van der Waals surface area contributed by atoms with Gasteiger partial charge in [0.25, 0.3) is 0 Å². The van der Waals surface area contributed by atoms with Crippen LogP contribution in [0.1, 0.15) is 6.42 Å². The first kappa shape index (κ1) is 14.0. The molecule has 1 aromatic rings. The molecule has 92 valence electrons. The van der Waals surface area contributed by atoms with Crippen molar-refractivity contribution in [3.63, 3.8) is 0 Å². The molecule has 2 amide bonds.